The van der Waals surface area contributed by atoms with Crippen LogP contribution in [-0.2, 0) is 4.79 Å². The van der Waals surface area contributed by atoms with Gasteiger partial charge in [0.2, 0.25) is 0 Å². The van der Waals surface area contributed by atoms with Crippen LogP contribution in [0.3, 0.4) is 0 Å². The summed E-state index contributed by atoms with van der Waals surface area (Å²) in [5.74, 6) is -0.926. The Bertz CT molecular complexity index is 231. The smallest absolute Gasteiger partial charge is 0.320 e. The second kappa shape index (κ2) is 4.07. The highest BCUT2D eigenvalue weighted by molar-refractivity contribution is 5.73. The maximum Gasteiger partial charge on any atom is 0.320 e. The van der Waals surface area contributed by atoms with Gasteiger partial charge in [0.15, 0.2) is 0 Å². The molecule has 0 fully saturated rings. The van der Waals surface area contributed by atoms with E-state index >= 15 is 0 Å². The van der Waals surface area contributed by atoms with Gasteiger partial charge >= 0.3 is 5.97 Å². The van der Waals surface area contributed by atoms with Crippen molar-refractivity contribution in [2.75, 3.05) is 0 Å². The molecule has 0 unspecified atom stereocenters. The molecule has 0 saturated carbocycles. The molecule has 1 atom stereocenters. The standard InChI is InChI=1S/C9H13NO2/c10-8(9(11)12)6-7-4-2-1-3-5-7/h1-2,5,8H,3-4,6,10H2,(H,11,12)/t8-/m1/s1. The molecule has 0 heterocycles. The van der Waals surface area contributed by atoms with E-state index in [-0.39, 0.29) is 0 Å². The second-order valence-corrected chi connectivity index (χ2v) is 2.92. The van der Waals surface area contributed by atoms with Crippen LogP contribution in [0.2, 0.25) is 0 Å². The summed E-state index contributed by atoms with van der Waals surface area (Å²) in [4.78, 5) is 10.4. The normalized spacial score (nSPS) is 18.6. The third-order valence-electron chi connectivity index (χ3n) is 1.89. The molecule has 3 heteroatoms. The molecule has 0 radical (unpaired) electrons. The van der Waals surface area contributed by atoms with Crippen LogP contribution in [0.1, 0.15) is 19.3 Å². The van der Waals surface area contributed by atoms with Crippen LogP contribution in [0.25, 0.3) is 0 Å². The second-order valence-electron chi connectivity index (χ2n) is 2.92. The molecule has 0 spiro atoms. The van der Waals surface area contributed by atoms with Gasteiger partial charge < -0.3 is 10.8 Å². The molecule has 3 nitrogen and oxygen atoms in total. The van der Waals surface area contributed by atoms with Crippen LogP contribution < -0.4 is 5.73 Å². The number of allylic oxidation sites excluding steroid dienone is 3. The number of hydrogen-bond acceptors (Lipinski definition) is 2. The molecule has 3 N–H and O–H groups in total. The molecule has 0 aliphatic heterocycles. The monoisotopic (exact) mass is 167 g/mol. The van der Waals surface area contributed by atoms with E-state index in [9.17, 15) is 4.79 Å². The van der Waals surface area contributed by atoms with E-state index in [4.69, 9.17) is 10.8 Å². The first-order valence-corrected chi connectivity index (χ1v) is 4.01. The molecule has 0 saturated heterocycles. The lowest BCUT2D eigenvalue weighted by molar-refractivity contribution is -0.138. The third kappa shape index (κ3) is 2.51. The third-order valence-corrected chi connectivity index (χ3v) is 1.89. The van der Waals surface area contributed by atoms with Gasteiger partial charge in [-0.1, -0.05) is 23.8 Å². The average Bonchev–Trinajstić information content (AvgIpc) is 2.06. The van der Waals surface area contributed by atoms with Gasteiger partial charge in [-0.3, -0.25) is 4.79 Å². The molecule has 0 bridgehead atoms. The maximum absolute atomic E-state index is 10.4. The number of rotatable bonds is 3. The highest BCUT2D eigenvalue weighted by Gasteiger charge is 2.13. The number of aliphatic carboxylic acids is 1. The molecule has 0 aromatic carbocycles. The van der Waals surface area contributed by atoms with E-state index in [0.717, 1.165) is 18.4 Å². The van der Waals surface area contributed by atoms with Gasteiger partial charge in [-0.05, 0) is 19.3 Å². The van der Waals surface area contributed by atoms with Crippen molar-refractivity contribution in [1.82, 2.24) is 0 Å². The number of carboxylic acids is 1. The van der Waals surface area contributed by atoms with Crippen LogP contribution in [0, 0.1) is 0 Å². The van der Waals surface area contributed by atoms with Crippen molar-refractivity contribution in [1.29, 1.82) is 0 Å². The fraction of sp³-hybridized carbons (Fsp3) is 0.444. The first-order chi connectivity index (χ1) is 5.70. The van der Waals surface area contributed by atoms with E-state index in [1.807, 2.05) is 12.2 Å². The predicted octanol–water partition coefficient (Wildman–Crippen LogP) is 1.06. The van der Waals surface area contributed by atoms with E-state index < -0.39 is 12.0 Å². The lowest BCUT2D eigenvalue weighted by Crippen LogP contribution is -2.30. The molecule has 0 aromatic rings. The Morgan fingerprint density at radius 3 is 2.92 bits per heavy atom. The zero-order valence-corrected chi connectivity index (χ0v) is 6.86. The summed E-state index contributed by atoms with van der Waals surface area (Å²) in [5, 5.41) is 8.54. The predicted molar refractivity (Wildman–Crippen MR) is 46.7 cm³/mol. The Kier molecular flexibility index (Phi) is 3.05. The fourth-order valence-corrected chi connectivity index (χ4v) is 1.19. The lowest BCUT2D eigenvalue weighted by Gasteiger charge is -2.10. The van der Waals surface area contributed by atoms with Gasteiger partial charge in [-0.2, -0.15) is 0 Å². The summed E-state index contributed by atoms with van der Waals surface area (Å²) in [7, 11) is 0. The minimum atomic E-state index is -0.926. The average molecular weight is 167 g/mol. The number of hydrogen-bond donors (Lipinski definition) is 2. The van der Waals surface area contributed by atoms with E-state index in [2.05, 4.69) is 6.08 Å². The molecule has 1 aliphatic carbocycles. The quantitative estimate of drug-likeness (QED) is 0.618. The minimum Gasteiger partial charge on any atom is -0.480 e. The molecule has 1 aliphatic rings. The molecule has 66 valence electrons. The molecule has 0 aromatic heterocycles. The minimum absolute atomic E-state index is 0.472. The van der Waals surface area contributed by atoms with Gasteiger partial charge in [0.25, 0.3) is 0 Å². The lowest BCUT2D eigenvalue weighted by atomic mass is 9.99. The zero-order chi connectivity index (χ0) is 8.97. The number of carboxylic acid groups (broad SMARTS) is 1. The van der Waals surface area contributed by atoms with Crippen molar-refractivity contribution in [3.63, 3.8) is 0 Å². The van der Waals surface area contributed by atoms with Gasteiger partial charge in [0.05, 0.1) is 0 Å². The van der Waals surface area contributed by atoms with Crippen LogP contribution in [0.5, 0.6) is 0 Å². The Balaban J connectivity index is 2.40. The van der Waals surface area contributed by atoms with Crippen LogP contribution in [0.4, 0.5) is 0 Å². The van der Waals surface area contributed by atoms with Crippen LogP contribution in [-0.4, -0.2) is 17.1 Å². The maximum atomic E-state index is 10.4. The van der Waals surface area contributed by atoms with Crippen molar-refractivity contribution in [2.45, 2.75) is 25.3 Å². The van der Waals surface area contributed by atoms with Gasteiger partial charge in [0, 0.05) is 0 Å². The molecule has 12 heavy (non-hydrogen) atoms. The van der Waals surface area contributed by atoms with Gasteiger partial charge in [-0.15, -0.1) is 0 Å². The summed E-state index contributed by atoms with van der Waals surface area (Å²) in [6, 6.07) is -0.747. The Hall–Kier alpha value is -1.09. The molecule has 1 rings (SSSR count). The van der Waals surface area contributed by atoms with Crippen molar-refractivity contribution < 1.29 is 9.90 Å². The zero-order valence-electron chi connectivity index (χ0n) is 6.86. The number of carbonyl (C=O) groups is 1. The van der Waals surface area contributed by atoms with Gasteiger partial charge in [0.1, 0.15) is 6.04 Å². The molecule has 0 amide bonds. The summed E-state index contributed by atoms with van der Waals surface area (Å²) in [6.07, 6.45) is 8.38. The highest BCUT2D eigenvalue weighted by atomic mass is 16.4. The first kappa shape index (κ1) is 9.00. The summed E-state index contributed by atoms with van der Waals surface area (Å²) < 4.78 is 0. The Morgan fingerprint density at radius 1 is 1.67 bits per heavy atom. The Labute approximate surface area is 71.6 Å². The molecular formula is C9H13NO2. The van der Waals surface area contributed by atoms with Crippen molar-refractivity contribution in [3.8, 4) is 0 Å². The first-order valence-electron chi connectivity index (χ1n) is 4.01. The van der Waals surface area contributed by atoms with Crippen molar-refractivity contribution in [3.05, 3.63) is 23.8 Å². The fourth-order valence-electron chi connectivity index (χ4n) is 1.19. The van der Waals surface area contributed by atoms with E-state index in [1.54, 1.807) is 0 Å². The van der Waals surface area contributed by atoms with Gasteiger partial charge in [-0.25, -0.2) is 0 Å². The Morgan fingerprint density at radius 2 is 2.42 bits per heavy atom. The van der Waals surface area contributed by atoms with Crippen molar-refractivity contribution >= 4 is 5.97 Å². The van der Waals surface area contributed by atoms with Crippen LogP contribution in [0.15, 0.2) is 23.8 Å². The van der Waals surface area contributed by atoms with Crippen LogP contribution >= 0.6 is 0 Å². The topological polar surface area (TPSA) is 63.3 Å². The summed E-state index contributed by atoms with van der Waals surface area (Å²) in [5.41, 5.74) is 6.51. The van der Waals surface area contributed by atoms with Crippen molar-refractivity contribution in [2.24, 2.45) is 5.73 Å². The molecular weight excluding hydrogens is 154 g/mol. The highest BCUT2D eigenvalue weighted by Crippen LogP contribution is 2.15. The number of nitrogens with two attached hydrogens (primary N) is 1. The largest absolute Gasteiger partial charge is 0.480 e. The summed E-state index contributed by atoms with van der Waals surface area (Å²) in [6.45, 7) is 0. The van der Waals surface area contributed by atoms with E-state index in [1.165, 1.54) is 0 Å². The van der Waals surface area contributed by atoms with E-state index in [0.29, 0.717) is 6.42 Å². The summed E-state index contributed by atoms with van der Waals surface area (Å²) >= 11 is 0. The SMILES string of the molecule is N[C@H](CC1=CCC=CC1)C(=O)O.